The molecule has 36 heavy (non-hydrogen) atoms. The van der Waals surface area contributed by atoms with Crippen molar-refractivity contribution in [1.82, 2.24) is 5.01 Å². The Balaban J connectivity index is 1.42. The van der Waals surface area contributed by atoms with Crippen LogP contribution in [0.1, 0.15) is 68.0 Å². The third-order valence-corrected chi connectivity index (χ3v) is 6.86. The van der Waals surface area contributed by atoms with E-state index in [1.807, 2.05) is 36.4 Å². The average molecular weight is 487 g/mol. The minimum absolute atomic E-state index is 0.0560. The maximum Gasteiger partial charge on any atom is 0.214 e. The molecule has 2 heterocycles. The Kier molecular flexibility index (Phi) is 7.31. The molecule has 0 N–H and O–H groups in total. The summed E-state index contributed by atoms with van der Waals surface area (Å²) in [7, 11) is 3.36. The molecular formula is C30H34N2O4. The lowest BCUT2D eigenvalue weighted by molar-refractivity contribution is -0.0209. The van der Waals surface area contributed by atoms with E-state index in [1.165, 1.54) is 19.3 Å². The quantitative estimate of drug-likeness (QED) is 0.292. The third kappa shape index (κ3) is 4.85. The Hall–Kier alpha value is -3.67. The lowest BCUT2D eigenvalue weighted by atomic mass is 9.95. The van der Waals surface area contributed by atoms with Crippen LogP contribution in [0.4, 0.5) is 0 Å². The van der Waals surface area contributed by atoms with Gasteiger partial charge >= 0.3 is 0 Å². The molecule has 0 aliphatic carbocycles. The molecule has 2 atom stereocenters. The van der Waals surface area contributed by atoms with Crippen LogP contribution < -0.4 is 18.9 Å². The molecule has 0 spiro atoms. The van der Waals surface area contributed by atoms with Crippen molar-refractivity contribution in [3.8, 4) is 23.0 Å². The van der Waals surface area contributed by atoms with Crippen molar-refractivity contribution >= 4 is 5.71 Å². The molecule has 2 aliphatic heterocycles. The zero-order valence-electron chi connectivity index (χ0n) is 21.3. The number of benzene rings is 3. The maximum atomic E-state index is 6.57. The van der Waals surface area contributed by atoms with E-state index in [-0.39, 0.29) is 12.3 Å². The van der Waals surface area contributed by atoms with Gasteiger partial charge in [0.2, 0.25) is 6.23 Å². The summed E-state index contributed by atoms with van der Waals surface area (Å²) in [5.41, 5.74) is 4.22. The first-order valence-electron chi connectivity index (χ1n) is 12.8. The lowest BCUT2D eigenvalue weighted by Crippen LogP contribution is -2.33. The van der Waals surface area contributed by atoms with Crippen molar-refractivity contribution in [2.75, 3.05) is 20.8 Å². The number of hydrogen-bond donors (Lipinski definition) is 0. The van der Waals surface area contributed by atoms with Gasteiger partial charge in [0, 0.05) is 17.5 Å². The highest BCUT2D eigenvalue weighted by Crippen LogP contribution is 2.50. The third-order valence-electron chi connectivity index (χ3n) is 6.86. The molecule has 0 aromatic heterocycles. The number of ether oxygens (including phenoxy) is 4. The van der Waals surface area contributed by atoms with Gasteiger partial charge in [-0.2, -0.15) is 5.10 Å². The molecule has 0 bridgehead atoms. The number of hydrazone groups is 1. The average Bonchev–Trinajstić information content (AvgIpc) is 3.38. The van der Waals surface area contributed by atoms with Gasteiger partial charge in [-0.15, -0.1) is 0 Å². The first-order valence-corrected chi connectivity index (χ1v) is 12.8. The van der Waals surface area contributed by atoms with Crippen LogP contribution in [0.3, 0.4) is 0 Å². The lowest BCUT2D eigenvalue weighted by Gasteiger charge is -2.38. The molecule has 0 fully saturated rings. The second-order valence-corrected chi connectivity index (χ2v) is 9.20. The minimum atomic E-state index is -0.367. The van der Waals surface area contributed by atoms with Gasteiger partial charge in [0.25, 0.3) is 0 Å². The molecule has 2 aliphatic rings. The zero-order chi connectivity index (χ0) is 24.9. The topological polar surface area (TPSA) is 52.5 Å². The van der Waals surface area contributed by atoms with Crippen LogP contribution in [0.5, 0.6) is 23.0 Å². The first kappa shape index (κ1) is 24.0. The number of para-hydroxylation sites is 1. The summed E-state index contributed by atoms with van der Waals surface area (Å²) in [4.78, 5) is 0. The van der Waals surface area contributed by atoms with Crippen molar-refractivity contribution in [3.05, 3.63) is 83.4 Å². The molecule has 188 valence electrons. The van der Waals surface area contributed by atoms with E-state index in [2.05, 4.69) is 42.3 Å². The highest BCUT2D eigenvalue weighted by Gasteiger charge is 2.42. The second-order valence-electron chi connectivity index (χ2n) is 9.20. The van der Waals surface area contributed by atoms with Crippen LogP contribution in [0, 0.1) is 0 Å². The van der Waals surface area contributed by atoms with Gasteiger partial charge in [0.15, 0.2) is 11.5 Å². The minimum Gasteiger partial charge on any atom is -0.497 e. The van der Waals surface area contributed by atoms with Gasteiger partial charge in [-0.3, -0.25) is 0 Å². The fourth-order valence-corrected chi connectivity index (χ4v) is 4.87. The molecule has 0 saturated heterocycles. The summed E-state index contributed by atoms with van der Waals surface area (Å²) in [5.74, 6) is 3.24. The summed E-state index contributed by atoms with van der Waals surface area (Å²) in [6.45, 7) is 2.96. The molecule has 0 saturated carbocycles. The van der Waals surface area contributed by atoms with Crippen LogP contribution in [-0.4, -0.2) is 31.5 Å². The van der Waals surface area contributed by atoms with Gasteiger partial charge in [0.1, 0.15) is 11.5 Å². The van der Waals surface area contributed by atoms with Gasteiger partial charge in [-0.05, 0) is 66.6 Å². The number of methoxy groups -OCH3 is 2. The Bertz CT molecular complexity index is 1190. The van der Waals surface area contributed by atoms with Crippen molar-refractivity contribution in [2.24, 2.45) is 5.10 Å². The summed E-state index contributed by atoms with van der Waals surface area (Å²) in [6, 6.07) is 22.4. The van der Waals surface area contributed by atoms with Crippen molar-refractivity contribution < 1.29 is 18.9 Å². The highest BCUT2D eigenvalue weighted by atomic mass is 16.5. The predicted molar refractivity (Wildman–Crippen MR) is 141 cm³/mol. The number of nitrogens with zero attached hydrogens (tertiary/aromatic N) is 2. The van der Waals surface area contributed by atoms with Crippen molar-refractivity contribution in [2.45, 2.75) is 51.3 Å². The van der Waals surface area contributed by atoms with Crippen LogP contribution >= 0.6 is 0 Å². The van der Waals surface area contributed by atoms with Gasteiger partial charge < -0.3 is 18.9 Å². The van der Waals surface area contributed by atoms with Gasteiger partial charge in [-0.1, -0.05) is 38.3 Å². The first-order chi connectivity index (χ1) is 17.7. The maximum absolute atomic E-state index is 6.57. The standard InChI is InChI=1S/C30H34N2O4/c1-4-5-6-7-19-35-24-17-13-22(14-18-24)30-32-27(25-9-8-10-28(34-3)29(25)36-30)20-26(31-32)21-11-15-23(33-2)16-12-21/h8-18,27,30H,4-7,19-20H2,1-3H3/t27-,30+/m1/s1. The van der Waals surface area contributed by atoms with Crippen LogP contribution in [0.2, 0.25) is 0 Å². The fraction of sp³-hybridized carbons (Fsp3) is 0.367. The largest absolute Gasteiger partial charge is 0.497 e. The number of unbranched alkanes of at least 4 members (excludes halogenated alkanes) is 3. The van der Waals surface area contributed by atoms with E-state index in [9.17, 15) is 0 Å². The molecule has 3 aromatic rings. The Morgan fingerprint density at radius 3 is 2.39 bits per heavy atom. The smallest absolute Gasteiger partial charge is 0.214 e. The monoisotopic (exact) mass is 486 g/mol. The molecule has 5 rings (SSSR count). The van der Waals surface area contributed by atoms with E-state index < -0.39 is 0 Å². The van der Waals surface area contributed by atoms with E-state index in [4.69, 9.17) is 24.0 Å². The van der Waals surface area contributed by atoms with E-state index >= 15 is 0 Å². The van der Waals surface area contributed by atoms with E-state index in [1.54, 1.807) is 14.2 Å². The van der Waals surface area contributed by atoms with Crippen LogP contribution in [0.25, 0.3) is 0 Å². The Morgan fingerprint density at radius 2 is 1.67 bits per heavy atom. The Morgan fingerprint density at radius 1 is 0.889 bits per heavy atom. The second kappa shape index (κ2) is 10.9. The van der Waals surface area contributed by atoms with Gasteiger partial charge in [-0.25, -0.2) is 5.01 Å². The van der Waals surface area contributed by atoms with Gasteiger partial charge in [0.05, 0.1) is 32.6 Å². The molecule has 3 aromatic carbocycles. The zero-order valence-corrected chi connectivity index (χ0v) is 21.3. The highest BCUT2D eigenvalue weighted by molar-refractivity contribution is 6.02. The molecular weight excluding hydrogens is 452 g/mol. The van der Waals surface area contributed by atoms with E-state index in [0.717, 1.165) is 64.8 Å². The molecule has 0 radical (unpaired) electrons. The SMILES string of the molecule is CCCCCCOc1ccc([C@@H]2Oc3c(OC)cccc3[C@H]3CC(c4ccc(OC)cc4)=NN32)cc1. The molecule has 0 unspecified atom stereocenters. The predicted octanol–water partition coefficient (Wildman–Crippen LogP) is 6.91. The summed E-state index contributed by atoms with van der Waals surface area (Å²) in [5, 5.41) is 7.15. The van der Waals surface area contributed by atoms with E-state index in [0.29, 0.717) is 0 Å². The molecule has 6 nitrogen and oxygen atoms in total. The number of fused-ring (bicyclic) bond motifs is 3. The molecule has 6 heteroatoms. The summed E-state index contributed by atoms with van der Waals surface area (Å²) < 4.78 is 23.5. The van der Waals surface area contributed by atoms with Crippen molar-refractivity contribution in [1.29, 1.82) is 0 Å². The molecule has 0 amide bonds. The normalized spacial score (nSPS) is 18.1. The summed E-state index contributed by atoms with van der Waals surface area (Å²) >= 11 is 0. The van der Waals surface area contributed by atoms with Crippen molar-refractivity contribution in [3.63, 3.8) is 0 Å². The fourth-order valence-electron chi connectivity index (χ4n) is 4.87. The summed E-state index contributed by atoms with van der Waals surface area (Å²) in [6.07, 6.45) is 5.18. The Labute approximate surface area is 213 Å². The number of rotatable bonds is 10. The van der Waals surface area contributed by atoms with Crippen LogP contribution in [-0.2, 0) is 0 Å². The number of hydrogen-bond acceptors (Lipinski definition) is 6. The van der Waals surface area contributed by atoms with Crippen LogP contribution in [0.15, 0.2) is 71.8 Å².